The molecule has 0 aliphatic carbocycles. The smallest absolute Gasteiger partial charge is 0.0731 e. The summed E-state index contributed by atoms with van der Waals surface area (Å²) in [6, 6.07) is 11.7. The van der Waals surface area contributed by atoms with Crippen LogP contribution >= 0.6 is 11.6 Å². The average molecular weight is 353 g/mol. The molecule has 0 spiro atoms. The highest BCUT2D eigenvalue weighted by molar-refractivity contribution is 6.31. The number of nitrogens with two attached hydrogens (primary N) is 1. The Morgan fingerprint density at radius 2 is 1.88 bits per heavy atom. The van der Waals surface area contributed by atoms with Crippen molar-refractivity contribution in [1.29, 1.82) is 0 Å². The van der Waals surface area contributed by atoms with Gasteiger partial charge in [-0.15, -0.1) is 0 Å². The zero-order valence-corrected chi connectivity index (χ0v) is 14.7. The molecule has 0 radical (unpaired) electrons. The van der Waals surface area contributed by atoms with Crippen LogP contribution in [0, 0.1) is 0 Å². The van der Waals surface area contributed by atoms with Gasteiger partial charge in [-0.3, -0.25) is 4.98 Å². The second kappa shape index (κ2) is 8.60. The van der Waals surface area contributed by atoms with Crippen molar-refractivity contribution in [2.24, 2.45) is 5.73 Å². The van der Waals surface area contributed by atoms with Crippen molar-refractivity contribution < 1.29 is 0 Å². The summed E-state index contributed by atoms with van der Waals surface area (Å²) in [4.78, 5) is 8.75. The maximum Gasteiger partial charge on any atom is 0.0731 e. The highest BCUT2D eigenvalue weighted by Gasteiger charge is 2.05. The molecule has 3 N–H and O–H groups in total. The van der Waals surface area contributed by atoms with Crippen molar-refractivity contribution in [1.82, 2.24) is 9.97 Å². The van der Waals surface area contributed by atoms with E-state index in [9.17, 15) is 0 Å². The first-order chi connectivity index (χ1) is 12.3. The first kappa shape index (κ1) is 17.4. The number of nitrogens with one attached hydrogen (secondary N) is 1. The zero-order chi connectivity index (χ0) is 17.5. The minimum Gasteiger partial charge on any atom is -0.384 e. The Hall–Kier alpha value is -2.43. The SMILES string of the molecule is NCCCCNc1cc(/C=C/c2ccncc2)nc2ccc(Cl)cc12. The molecule has 5 heteroatoms. The van der Waals surface area contributed by atoms with Gasteiger partial charge in [0, 0.05) is 35.0 Å². The Labute approximate surface area is 152 Å². The number of hydrogen-bond acceptors (Lipinski definition) is 4. The number of pyridine rings is 2. The quantitative estimate of drug-likeness (QED) is 0.610. The number of fused-ring (bicyclic) bond motifs is 1. The van der Waals surface area contributed by atoms with Crippen LogP contribution < -0.4 is 11.1 Å². The van der Waals surface area contributed by atoms with Crippen LogP contribution in [0.3, 0.4) is 0 Å². The van der Waals surface area contributed by atoms with Crippen LogP contribution in [0.5, 0.6) is 0 Å². The van der Waals surface area contributed by atoms with Crippen molar-refractivity contribution in [3.63, 3.8) is 0 Å². The molecule has 0 bridgehead atoms. The number of hydrogen-bond donors (Lipinski definition) is 2. The minimum atomic E-state index is 0.708. The van der Waals surface area contributed by atoms with Gasteiger partial charge in [-0.1, -0.05) is 17.7 Å². The predicted octanol–water partition coefficient (Wildman–Crippen LogP) is 4.60. The van der Waals surface area contributed by atoms with Gasteiger partial charge in [0.25, 0.3) is 0 Å². The first-order valence-electron chi connectivity index (χ1n) is 8.38. The lowest BCUT2D eigenvalue weighted by atomic mass is 10.1. The Bertz CT molecular complexity index is 862. The average Bonchev–Trinajstić information content (AvgIpc) is 2.64. The summed E-state index contributed by atoms with van der Waals surface area (Å²) >= 11 is 6.16. The lowest BCUT2D eigenvalue weighted by molar-refractivity contribution is 0.774. The van der Waals surface area contributed by atoms with Crippen molar-refractivity contribution in [2.45, 2.75) is 12.8 Å². The molecule has 3 aromatic rings. The second-order valence-corrected chi connectivity index (χ2v) is 6.23. The fourth-order valence-corrected chi connectivity index (χ4v) is 2.77. The lowest BCUT2D eigenvalue weighted by Gasteiger charge is -2.11. The summed E-state index contributed by atoms with van der Waals surface area (Å²) in [5, 5.41) is 5.23. The van der Waals surface area contributed by atoms with Gasteiger partial charge in [0.15, 0.2) is 0 Å². The van der Waals surface area contributed by atoms with Crippen LogP contribution in [0.15, 0.2) is 48.8 Å². The van der Waals surface area contributed by atoms with Crippen LogP contribution in [-0.2, 0) is 0 Å². The maximum absolute atomic E-state index is 6.16. The Morgan fingerprint density at radius 3 is 2.68 bits per heavy atom. The van der Waals surface area contributed by atoms with E-state index in [0.717, 1.165) is 47.2 Å². The summed E-state index contributed by atoms with van der Waals surface area (Å²) in [6.45, 7) is 1.58. The Kier molecular flexibility index (Phi) is 5.99. The molecule has 4 nitrogen and oxygen atoms in total. The van der Waals surface area contributed by atoms with E-state index in [1.807, 2.05) is 42.5 Å². The van der Waals surface area contributed by atoms with E-state index in [1.54, 1.807) is 12.4 Å². The fourth-order valence-electron chi connectivity index (χ4n) is 2.60. The van der Waals surface area contributed by atoms with Gasteiger partial charge in [-0.25, -0.2) is 4.98 Å². The molecule has 25 heavy (non-hydrogen) atoms. The van der Waals surface area contributed by atoms with Gasteiger partial charge in [-0.05, 0) is 67.4 Å². The van der Waals surface area contributed by atoms with Crippen LogP contribution in [0.4, 0.5) is 5.69 Å². The van der Waals surface area contributed by atoms with E-state index in [1.165, 1.54) is 0 Å². The normalized spacial score (nSPS) is 11.3. The van der Waals surface area contributed by atoms with Gasteiger partial charge in [0.05, 0.1) is 11.2 Å². The topological polar surface area (TPSA) is 63.8 Å². The Morgan fingerprint density at radius 1 is 1.04 bits per heavy atom. The van der Waals surface area contributed by atoms with Gasteiger partial charge >= 0.3 is 0 Å². The first-order valence-corrected chi connectivity index (χ1v) is 8.76. The van der Waals surface area contributed by atoms with Crippen molar-refractivity contribution in [3.05, 3.63) is 65.1 Å². The molecule has 3 rings (SSSR count). The van der Waals surface area contributed by atoms with Gasteiger partial charge in [0.1, 0.15) is 0 Å². The molecule has 0 saturated heterocycles. The van der Waals surface area contributed by atoms with Gasteiger partial charge in [-0.2, -0.15) is 0 Å². The summed E-state index contributed by atoms with van der Waals surface area (Å²) in [5.41, 5.74) is 9.51. The molecule has 0 fully saturated rings. The van der Waals surface area contributed by atoms with Crippen molar-refractivity contribution in [3.8, 4) is 0 Å². The zero-order valence-electron chi connectivity index (χ0n) is 14.0. The van der Waals surface area contributed by atoms with Gasteiger partial charge in [0.2, 0.25) is 0 Å². The molecule has 0 aliphatic heterocycles. The number of unbranched alkanes of at least 4 members (excludes halogenated alkanes) is 1. The molecule has 2 aromatic heterocycles. The third-order valence-corrected chi connectivity index (χ3v) is 4.12. The molecule has 0 unspecified atom stereocenters. The highest BCUT2D eigenvalue weighted by Crippen LogP contribution is 2.27. The van der Waals surface area contributed by atoms with E-state index in [4.69, 9.17) is 22.3 Å². The molecule has 0 aliphatic rings. The standard InChI is InChI=1S/C20H21ClN4/c21-16-4-6-19-18(13-16)20(24-10-2-1-9-22)14-17(25-19)5-3-15-7-11-23-12-8-15/h3-8,11-14H,1-2,9-10,22H2,(H,24,25)/b5-3+. The van der Waals surface area contributed by atoms with E-state index >= 15 is 0 Å². The van der Waals surface area contributed by atoms with Gasteiger partial charge < -0.3 is 11.1 Å². The highest BCUT2D eigenvalue weighted by atomic mass is 35.5. The van der Waals surface area contributed by atoms with E-state index in [0.29, 0.717) is 11.6 Å². The largest absolute Gasteiger partial charge is 0.384 e. The summed E-state index contributed by atoms with van der Waals surface area (Å²) in [7, 11) is 0. The number of aromatic nitrogens is 2. The monoisotopic (exact) mass is 352 g/mol. The minimum absolute atomic E-state index is 0.708. The molecule has 0 atom stereocenters. The summed E-state index contributed by atoms with van der Waals surface area (Å²) < 4.78 is 0. The van der Waals surface area contributed by atoms with E-state index < -0.39 is 0 Å². The third kappa shape index (κ3) is 4.78. The molecule has 0 amide bonds. The van der Waals surface area contributed by atoms with Crippen LogP contribution in [0.25, 0.3) is 23.1 Å². The lowest BCUT2D eigenvalue weighted by Crippen LogP contribution is -2.06. The van der Waals surface area contributed by atoms with E-state index in [-0.39, 0.29) is 0 Å². The molecule has 1 aromatic carbocycles. The number of anilines is 1. The summed E-state index contributed by atoms with van der Waals surface area (Å²) in [6.07, 6.45) is 9.63. The van der Waals surface area contributed by atoms with E-state index in [2.05, 4.69) is 16.4 Å². The van der Waals surface area contributed by atoms with Crippen LogP contribution in [-0.4, -0.2) is 23.1 Å². The number of benzene rings is 1. The van der Waals surface area contributed by atoms with Crippen LogP contribution in [0.1, 0.15) is 24.1 Å². The van der Waals surface area contributed by atoms with Crippen molar-refractivity contribution >= 4 is 40.3 Å². The molecule has 128 valence electrons. The maximum atomic E-state index is 6.16. The predicted molar refractivity (Wildman–Crippen MR) is 107 cm³/mol. The number of rotatable bonds is 7. The Balaban J connectivity index is 1.91. The molecular formula is C20H21ClN4. The summed E-state index contributed by atoms with van der Waals surface area (Å²) in [5.74, 6) is 0. The molecule has 0 saturated carbocycles. The van der Waals surface area contributed by atoms with Crippen molar-refractivity contribution in [2.75, 3.05) is 18.4 Å². The number of nitrogens with zero attached hydrogens (tertiary/aromatic N) is 2. The molecular weight excluding hydrogens is 332 g/mol. The third-order valence-electron chi connectivity index (χ3n) is 3.89. The van der Waals surface area contributed by atoms with Crippen LogP contribution in [0.2, 0.25) is 5.02 Å². The second-order valence-electron chi connectivity index (χ2n) is 5.79. The fraction of sp³-hybridized carbons (Fsp3) is 0.200. The number of halogens is 1. The molecule has 2 heterocycles.